The monoisotopic (exact) mass is 1080 g/mol. The first kappa shape index (κ1) is 73.8. The maximum absolute atomic E-state index is 12.9. The Hall–Kier alpha value is -4.19. The number of ether oxygens (including phenoxy) is 3. The summed E-state index contributed by atoms with van der Waals surface area (Å²) in [6.45, 7) is 6.40. The number of rotatable bonds is 58. The van der Waals surface area contributed by atoms with Crippen molar-refractivity contribution in [2.75, 3.05) is 13.2 Å². The van der Waals surface area contributed by atoms with Gasteiger partial charge in [-0.05, 0) is 128 Å². The summed E-state index contributed by atoms with van der Waals surface area (Å²) in [4.78, 5) is 38.4. The van der Waals surface area contributed by atoms with Crippen molar-refractivity contribution in [2.24, 2.45) is 0 Å². The fourth-order valence-electron chi connectivity index (χ4n) is 8.87. The molecule has 0 saturated carbocycles. The molecule has 0 aromatic rings. The zero-order valence-corrected chi connectivity index (χ0v) is 50.9. The minimum Gasteiger partial charge on any atom is -0.462 e. The molecule has 0 saturated heterocycles. The fraction of sp³-hybridized carbons (Fsp3) is 0.681. The van der Waals surface area contributed by atoms with Crippen molar-refractivity contribution in [2.45, 2.75) is 303 Å². The number of carbonyl (C=O) groups excluding carboxylic acids is 3. The van der Waals surface area contributed by atoms with Crippen molar-refractivity contribution in [1.82, 2.24) is 0 Å². The van der Waals surface area contributed by atoms with Gasteiger partial charge >= 0.3 is 17.9 Å². The Balaban J connectivity index is 4.41. The van der Waals surface area contributed by atoms with Gasteiger partial charge in [0, 0.05) is 19.3 Å². The average molecular weight is 1080 g/mol. The Morgan fingerprint density at radius 1 is 0.269 bits per heavy atom. The van der Waals surface area contributed by atoms with E-state index >= 15 is 0 Å². The molecule has 6 heteroatoms. The Morgan fingerprint density at radius 2 is 0.500 bits per heavy atom. The molecule has 0 spiro atoms. The van der Waals surface area contributed by atoms with E-state index in [0.717, 1.165) is 135 Å². The Kier molecular flexibility index (Phi) is 61.8. The van der Waals surface area contributed by atoms with Crippen LogP contribution in [-0.4, -0.2) is 37.2 Å². The lowest BCUT2D eigenvalue weighted by atomic mass is 10.1. The highest BCUT2D eigenvalue weighted by atomic mass is 16.6. The molecule has 6 nitrogen and oxygen atoms in total. The minimum atomic E-state index is -0.798. The van der Waals surface area contributed by atoms with Gasteiger partial charge in [0.2, 0.25) is 0 Å². The largest absolute Gasteiger partial charge is 0.462 e. The van der Waals surface area contributed by atoms with Gasteiger partial charge in [0.25, 0.3) is 0 Å². The summed E-state index contributed by atoms with van der Waals surface area (Å²) in [5, 5.41) is 0. The van der Waals surface area contributed by atoms with Gasteiger partial charge in [-0.25, -0.2) is 0 Å². The number of esters is 3. The molecule has 0 aliphatic heterocycles. The van der Waals surface area contributed by atoms with Crippen LogP contribution in [0.5, 0.6) is 0 Å². The van der Waals surface area contributed by atoms with Crippen LogP contribution in [0.15, 0.2) is 122 Å². The van der Waals surface area contributed by atoms with E-state index in [1.807, 2.05) is 0 Å². The Morgan fingerprint density at radius 3 is 0.795 bits per heavy atom. The van der Waals surface area contributed by atoms with E-state index in [0.29, 0.717) is 19.3 Å². The molecule has 0 aromatic carbocycles. The van der Waals surface area contributed by atoms with Crippen LogP contribution >= 0.6 is 0 Å². The second-order valence-corrected chi connectivity index (χ2v) is 21.3. The molecule has 0 aliphatic rings. The van der Waals surface area contributed by atoms with E-state index < -0.39 is 6.10 Å². The van der Waals surface area contributed by atoms with E-state index in [1.165, 1.54) is 122 Å². The summed E-state index contributed by atoms with van der Waals surface area (Å²) in [6, 6.07) is 0. The molecular weight excluding hydrogens is 961 g/mol. The normalized spacial score (nSPS) is 12.9. The number of unbranched alkanes of at least 4 members (excludes halogenated alkanes) is 27. The van der Waals surface area contributed by atoms with Crippen molar-refractivity contribution in [1.29, 1.82) is 0 Å². The molecule has 0 radical (unpaired) electrons. The predicted molar refractivity (Wildman–Crippen MR) is 339 cm³/mol. The van der Waals surface area contributed by atoms with Gasteiger partial charge in [-0.1, -0.05) is 271 Å². The van der Waals surface area contributed by atoms with Crippen LogP contribution < -0.4 is 0 Å². The molecule has 444 valence electrons. The molecule has 1 unspecified atom stereocenters. The molecule has 0 amide bonds. The molecule has 0 aromatic heterocycles. The van der Waals surface area contributed by atoms with Crippen molar-refractivity contribution in [3.8, 4) is 0 Å². The van der Waals surface area contributed by atoms with Crippen molar-refractivity contribution < 1.29 is 28.6 Å². The second kappa shape index (κ2) is 65.3. The maximum atomic E-state index is 12.9. The third-order valence-electron chi connectivity index (χ3n) is 13.7. The van der Waals surface area contributed by atoms with Gasteiger partial charge in [0.1, 0.15) is 13.2 Å². The second-order valence-electron chi connectivity index (χ2n) is 21.3. The Bertz CT molecular complexity index is 1620. The summed E-state index contributed by atoms with van der Waals surface area (Å²) in [6.07, 6.45) is 90.6. The summed E-state index contributed by atoms with van der Waals surface area (Å²) in [7, 11) is 0. The zero-order valence-electron chi connectivity index (χ0n) is 50.9. The predicted octanol–water partition coefficient (Wildman–Crippen LogP) is 22.4. The lowest BCUT2D eigenvalue weighted by Crippen LogP contribution is -2.30. The Labute approximate surface area is 482 Å². The van der Waals surface area contributed by atoms with Crippen LogP contribution in [0.25, 0.3) is 0 Å². The quantitative estimate of drug-likeness (QED) is 0.0261. The van der Waals surface area contributed by atoms with Gasteiger partial charge in [-0.15, -0.1) is 0 Å². The molecule has 0 heterocycles. The topological polar surface area (TPSA) is 78.9 Å². The molecule has 78 heavy (non-hydrogen) atoms. The van der Waals surface area contributed by atoms with Crippen LogP contribution in [0.3, 0.4) is 0 Å². The van der Waals surface area contributed by atoms with E-state index in [9.17, 15) is 14.4 Å². The zero-order chi connectivity index (χ0) is 56.4. The van der Waals surface area contributed by atoms with E-state index in [-0.39, 0.29) is 31.1 Å². The van der Waals surface area contributed by atoms with Crippen LogP contribution in [0.2, 0.25) is 0 Å². The lowest BCUT2D eigenvalue weighted by molar-refractivity contribution is -0.167. The standard InChI is InChI=1S/C72H120O6/c1-4-7-10-13-16-19-22-25-28-31-33-34-35-36-37-38-39-42-44-47-50-53-56-59-62-65-71(74)77-68-69(67-76-70(73)64-61-58-55-52-49-46-43-40-30-27-24-21-18-15-12-9-6-3)78-72(75)66-63-60-57-54-51-48-45-41-32-29-26-23-20-17-14-11-8-5-2/h7,9-10,12,16,18-19,21,25,27-30,32-34,36-37,43,46,69H,4-6,8,11,13-15,17,20,22-24,26,31,35,38-42,44-45,47-68H2,1-3H3/b10-7-,12-9-,19-16-,21-18-,28-25-,30-27-,32-29-,34-33-,37-36-,46-43-. The number of allylic oxidation sites excluding steroid dienone is 20. The number of hydrogen-bond donors (Lipinski definition) is 0. The summed E-state index contributed by atoms with van der Waals surface area (Å²) in [5.74, 6) is -0.921. The van der Waals surface area contributed by atoms with Gasteiger partial charge < -0.3 is 14.2 Å². The van der Waals surface area contributed by atoms with Gasteiger partial charge in [-0.2, -0.15) is 0 Å². The summed E-state index contributed by atoms with van der Waals surface area (Å²) < 4.78 is 16.9. The van der Waals surface area contributed by atoms with Crippen LogP contribution in [0.4, 0.5) is 0 Å². The molecule has 0 aliphatic carbocycles. The van der Waals surface area contributed by atoms with Crippen molar-refractivity contribution in [3.63, 3.8) is 0 Å². The minimum absolute atomic E-state index is 0.0927. The van der Waals surface area contributed by atoms with Crippen LogP contribution in [0.1, 0.15) is 297 Å². The summed E-state index contributed by atoms with van der Waals surface area (Å²) in [5.41, 5.74) is 0. The molecule has 0 N–H and O–H groups in total. The van der Waals surface area contributed by atoms with Gasteiger partial charge in [0.15, 0.2) is 6.10 Å². The first-order valence-corrected chi connectivity index (χ1v) is 32.5. The summed E-state index contributed by atoms with van der Waals surface area (Å²) >= 11 is 0. The van der Waals surface area contributed by atoms with Crippen LogP contribution in [0, 0.1) is 0 Å². The first-order chi connectivity index (χ1) is 38.5. The van der Waals surface area contributed by atoms with E-state index in [1.54, 1.807) is 0 Å². The van der Waals surface area contributed by atoms with E-state index in [4.69, 9.17) is 14.2 Å². The third-order valence-corrected chi connectivity index (χ3v) is 13.7. The van der Waals surface area contributed by atoms with Gasteiger partial charge in [-0.3, -0.25) is 14.4 Å². The van der Waals surface area contributed by atoms with Gasteiger partial charge in [0.05, 0.1) is 0 Å². The molecule has 0 fully saturated rings. The third kappa shape index (κ3) is 62.7. The van der Waals surface area contributed by atoms with Crippen molar-refractivity contribution in [3.05, 3.63) is 122 Å². The number of hydrogen-bond acceptors (Lipinski definition) is 6. The fourth-order valence-corrected chi connectivity index (χ4v) is 8.87. The van der Waals surface area contributed by atoms with E-state index in [2.05, 4.69) is 142 Å². The highest BCUT2D eigenvalue weighted by Crippen LogP contribution is 2.15. The molecule has 0 bridgehead atoms. The first-order valence-electron chi connectivity index (χ1n) is 32.5. The highest BCUT2D eigenvalue weighted by Gasteiger charge is 2.19. The highest BCUT2D eigenvalue weighted by molar-refractivity contribution is 5.71. The lowest BCUT2D eigenvalue weighted by Gasteiger charge is -2.18. The average Bonchev–Trinajstić information content (AvgIpc) is 3.44. The molecular formula is C72H120O6. The molecule has 1 atom stereocenters. The maximum Gasteiger partial charge on any atom is 0.306 e. The SMILES string of the molecule is CC/C=C\C/C=C\C/C=C\C/C=C\C/C=C\CCCCCCCCCCCC(=O)OCC(COC(=O)CCCCCC/C=C\C/C=C\C/C=C\C/C=C\CC)OC(=O)CCCCCCCCC/C=C\CCCCCCCCC. The number of carbonyl (C=O) groups is 3. The van der Waals surface area contributed by atoms with Crippen LogP contribution in [-0.2, 0) is 28.6 Å². The molecule has 0 rings (SSSR count). The smallest absolute Gasteiger partial charge is 0.306 e. The van der Waals surface area contributed by atoms with Crippen molar-refractivity contribution >= 4 is 17.9 Å².